The van der Waals surface area contributed by atoms with Crippen molar-refractivity contribution in [3.05, 3.63) is 23.8 Å². The first-order valence-electron chi connectivity index (χ1n) is 6.98. The van der Waals surface area contributed by atoms with E-state index in [1.54, 1.807) is 7.11 Å². The van der Waals surface area contributed by atoms with Crippen molar-refractivity contribution >= 4 is 5.91 Å². The second kappa shape index (κ2) is 9.20. The molecule has 0 bridgehead atoms. The predicted octanol–water partition coefficient (Wildman–Crippen LogP) is 1.71. The van der Waals surface area contributed by atoms with Gasteiger partial charge in [-0.2, -0.15) is 0 Å². The van der Waals surface area contributed by atoms with Gasteiger partial charge in [-0.1, -0.05) is 13.8 Å². The van der Waals surface area contributed by atoms with E-state index in [1.807, 2.05) is 32.0 Å². The topological polar surface area (TPSA) is 59.6 Å². The van der Waals surface area contributed by atoms with Crippen molar-refractivity contribution in [1.29, 1.82) is 0 Å². The molecule has 0 aliphatic rings. The van der Waals surface area contributed by atoms with Crippen LogP contribution in [-0.4, -0.2) is 32.7 Å². The third-order valence-electron chi connectivity index (χ3n) is 2.76. The van der Waals surface area contributed by atoms with Gasteiger partial charge in [0.25, 0.3) is 5.91 Å². The Balaban J connectivity index is 2.64. The molecule has 0 saturated heterocycles. The Morgan fingerprint density at radius 1 is 1.30 bits per heavy atom. The van der Waals surface area contributed by atoms with Crippen LogP contribution in [-0.2, 0) is 11.3 Å². The highest BCUT2D eigenvalue weighted by Gasteiger charge is 2.08. The van der Waals surface area contributed by atoms with Crippen LogP contribution in [0.4, 0.5) is 0 Å². The van der Waals surface area contributed by atoms with Gasteiger partial charge in [-0.15, -0.1) is 0 Å². The van der Waals surface area contributed by atoms with Crippen molar-refractivity contribution in [3.8, 4) is 11.5 Å². The number of benzene rings is 1. The van der Waals surface area contributed by atoms with E-state index in [1.165, 1.54) is 0 Å². The largest absolute Gasteiger partial charge is 0.497 e. The number of rotatable bonds is 9. The molecule has 1 rings (SSSR count). The number of nitrogens with one attached hydrogen (secondary N) is 2. The molecule has 0 fully saturated rings. The number of carbonyl (C=O) groups is 1. The summed E-state index contributed by atoms with van der Waals surface area (Å²) in [5, 5.41) is 6.03. The van der Waals surface area contributed by atoms with Crippen LogP contribution in [0.15, 0.2) is 18.2 Å². The van der Waals surface area contributed by atoms with Gasteiger partial charge in [0.2, 0.25) is 0 Å². The second-order valence-electron chi connectivity index (χ2n) is 4.39. The zero-order chi connectivity index (χ0) is 14.8. The molecule has 20 heavy (non-hydrogen) atoms. The fourth-order valence-electron chi connectivity index (χ4n) is 1.68. The molecule has 112 valence electrons. The van der Waals surface area contributed by atoms with Gasteiger partial charge in [0.05, 0.1) is 7.11 Å². The highest BCUT2D eigenvalue weighted by Crippen LogP contribution is 2.24. The lowest BCUT2D eigenvalue weighted by molar-refractivity contribution is -0.123. The van der Waals surface area contributed by atoms with Crippen LogP contribution in [0.2, 0.25) is 0 Å². The summed E-state index contributed by atoms with van der Waals surface area (Å²) >= 11 is 0. The van der Waals surface area contributed by atoms with Crippen molar-refractivity contribution in [3.63, 3.8) is 0 Å². The Bertz CT molecular complexity index is 422. The van der Waals surface area contributed by atoms with E-state index < -0.39 is 0 Å². The highest BCUT2D eigenvalue weighted by atomic mass is 16.5. The number of ether oxygens (including phenoxy) is 2. The van der Waals surface area contributed by atoms with Crippen molar-refractivity contribution < 1.29 is 14.3 Å². The van der Waals surface area contributed by atoms with Gasteiger partial charge in [-0.05, 0) is 31.2 Å². The first-order valence-corrected chi connectivity index (χ1v) is 6.98. The molecule has 0 radical (unpaired) electrons. The first kappa shape index (κ1) is 16.3. The van der Waals surface area contributed by atoms with E-state index in [-0.39, 0.29) is 12.5 Å². The summed E-state index contributed by atoms with van der Waals surface area (Å²) in [6.45, 7) is 6.31. The lowest BCUT2D eigenvalue weighted by Gasteiger charge is -2.13. The molecule has 0 spiro atoms. The monoisotopic (exact) mass is 280 g/mol. The molecular weight excluding hydrogens is 256 g/mol. The van der Waals surface area contributed by atoms with E-state index in [9.17, 15) is 4.79 Å². The van der Waals surface area contributed by atoms with Crippen molar-refractivity contribution in [1.82, 2.24) is 10.6 Å². The van der Waals surface area contributed by atoms with Crippen LogP contribution in [0.5, 0.6) is 11.5 Å². The average Bonchev–Trinajstić information content (AvgIpc) is 2.49. The summed E-state index contributed by atoms with van der Waals surface area (Å²) in [6, 6.07) is 5.58. The SMILES string of the molecule is CCCNC(=O)COc1ccc(OC)cc1CNCC. The molecule has 0 aliphatic heterocycles. The zero-order valence-electron chi connectivity index (χ0n) is 12.5. The quantitative estimate of drug-likeness (QED) is 0.723. The smallest absolute Gasteiger partial charge is 0.257 e. The molecule has 0 aliphatic carbocycles. The van der Waals surface area contributed by atoms with E-state index in [0.29, 0.717) is 18.8 Å². The van der Waals surface area contributed by atoms with Gasteiger partial charge >= 0.3 is 0 Å². The van der Waals surface area contributed by atoms with Gasteiger partial charge in [0, 0.05) is 18.7 Å². The molecule has 1 amide bonds. The van der Waals surface area contributed by atoms with E-state index in [4.69, 9.17) is 9.47 Å². The van der Waals surface area contributed by atoms with Crippen LogP contribution >= 0.6 is 0 Å². The normalized spacial score (nSPS) is 10.2. The van der Waals surface area contributed by atoms with Gasteiger partial charge in [-0.25, -0.2) is 0 Å². The van der Waals surface area contributed by atoms with Gasteiger partial charge < -0.3 is 20.1 Å². The number of carbonyl (C=O) groups excluding carboxylic acids is 1. The van der Waals surface area contributed by atoms with Gasteiger partial charge in [-0.3, -0.25) is 4.79 Å². The molecule has 0 aromatic heterocycles. The second-order valence-corrected chi connectivity index (χ2v) is 4.39. The molecule has 0 unspecified atom stereocenters. The van der Waals surface area contributed by atoms with Crippen LogP contribution in [0, 0.1) is 0 Å². The summed E-state index contributed by atoms with van der Waals surface area (Å²) in [5.41, 5.74) is 0.981. The lowest BCUT2D eigenvalue weighted by atomic mass is 10.2. The summed E-state index contributed by atoms with van der Waals surface area (Å²) in [5.74, 6) is 1.39. The molecule has 1 aromatic carbocycles. The van der Waals surface area contributed by atoms with Crippen molar-refractivity contribution in [2.45, 2.75) is 26.8 Å². The number of amides is 1. The molecule has 0 heterocycles. The standard InChI is InChI=1S/C15H24N2O3/c1-4-8-17-15(18)11-20-14-7-6-13(19-3)9-12(14)10-16-5-2/h6-7,9,16H,4-5,8,10-11H2,1-3H3,(H,17,18). The average molecular weight is 280 g/mol. The Hall–Kier alpha value is -1.75. The Labute approximate surface area is 120 Å². The Kier molecular flexibility index (Phi) is 7.50. The minimum atomic E-state index is -0.0999. The van der Waals surface area contributed by atoms with Gasteiger partial charge in [0.1, 0.15) is 11.5 Å². The molecule has 1 aromatic rings. The number of methoxy groups -OCH3 is 1. The van der Waals surface area contributed by atoms with Crippen LogP contribution in [0.25, 0.3) is 0 Å². The van der Waals surface area contributed by atoms with E-state index in [0.717, 1.165) is 24.3 Å². The zero-order valence-corrected chi connectivity index (χ0v) is 12.5. The molecule has 0 saturated carbocycles. The van der Waals surface area contributed by atoms with Crippen LogP contribution in [0.1, 0.15) is 25.8 Å². The first-order chi connectivity index (χ1) is 9.71. The van der Waals surface area contributed by atoms with E-state index in [2.05, 4.69) is 10.6 Å². The fourth-order valence-corrected chi connectivity index (χ4v) is 1.68. The molecular formula is C15H24N2O3. The maximum atomic E-state index is 11.5. The molecule has 5 heteroatoms. The Morgan fingerprint density at radius 3 is 2.75 bits per heavy atom. The lowest BCUT2D eigenvalue weighted by Crippen LogP contribution is -2.29. The predicted molar refractivity (Wildman–Crippen MR) is 79.2 cm³/mol. The molecule has 5 nitrogen and oxygen atoms in total. The van der Waals surface area contributed by atoms with Crippen LogP contribution < -0.4 is 20.1 Å². The summed E-state index contributed by atoms with van der Waals surface area (Å²) in [6.07, 6.45) is 0.917. The maximum Gasteiger partial charge on any atom is 0.257 e. The maximum absolute atomic E-state index is 11.5. The molecule has 0 atom stereocenters. The van der Waals surface area contributed by atoms with Crippen molar-refractivity contribution in [2.75, 3.05) is 26.8 Å². The number of hydrogen-bond donors (Lipinski definition) is 2. The summed E-state index contributed by atoms with van der Waals surface area (Å²) < 4.78 is 10.8. The number of hydrogen-bond acceptors (Lipinski definition) is 4. The fraction of sp³-hybridized carbons (Fsp3) is 0.533. The third kappa shape index (κ3) is 5.48. The van der Waals surface area contributed by atoms with Crippen LogP contribution in [0.3, 0.4) is 0 Å². The Morgan fingerprint density at radius 2 is 2.10 bits per heavy atom. The van der Waals surface area contributed by atoms with E-state index >= 15 is 0 Å². The third-order valence-corrected chi connectivity index (χ3v) is 2.76. The summed E-state index contributed by atoms with van der Waals surface area (Å²) in [7, 11) is 1.63. The minimum absolute atomic E-state index is 0.0332. The summed E-state index contributed by atoms with van der Waals surface area (Å²) in [4.78, 5) is 11.5. The highest BCUT2D eigenvalue weighted by molar-refractivity contribution is 5.77. The van der Waals surface area contributed by atoms with Gasteiger partial charge in [0.15, 0.2) is 6.61 Å². The molecule has 2 N–H and O–H groups in total. The minimum Gasteiger partial charge on any atom is -0.497 e. The van der Waals surface area contributed by atoms with Crippen molar-refractivity contribution in [2.24, 2.45) is 0 Å².